The summed E-state index contributed by atoms with van der Waals surface area (Å²) in [6, 6.07) is 13.7. The van der Waals surface area contributed by atoms with Gasteiger partial charge in [-0.05, 0) is 35.9 Å². The lowest BCUT2D eigenvalue weighted by atomic mass is 10.2. The summed E-state index contributed by atoms with van der Waals surface area (Å²) in [6.07, 6.45) is 5.90. The first-order valence-electron chi connectivity index (χ1n) is 5.99. The van der Waals surface area contributed by atoms with Crippen LogP contribution in [0.3, 0.4) is 0 Å². The van der Waals surface area contributed by atoms with Crippen molar-refractivity contribution in [3.63, 3.8) is 0 Å². The molecule has 0 aliphatic carbocycles. The van der Waals surface area contributed by atoms with Gasteiger partial charge in [0.15, 0.2) is 11.5 Å². The minimum Gasteiger partial charge on any atom is -0.497 e. The van der Waals surface area contributed by atoms with Gasteiger partial charge in [-0.25, -0.2) is 0 Å². The number of pyridine rings is 1. The summed E-state index contributed by atoms with van der Waals surface area (Å²) in [5.41, 5.74) is 1.94. The molecule has 0 amide bonds. The molecular weight excluding hydrogens is 238 g/mol. The predicted molar refractivity (Wildman–Crippen MR) is 74.9 cm³/mol. The Morgan fingerprint density at radius 3 is 2.63 bits per heavy atom. The third kappa shape index (κ3) is 2.33. The number of benzene rings is 1. The monoisotopic (exact) mass is 251 g/mol. The molecule has 0 N–H and O–H groups in total. The zero-order chi connectivity index (χ0) is 13.1. The van der Waals surface area contributed by atoms with E-state index >= 15 is 0 Å². The Hall–Kier alpha value is -2.62. The second-order valence-electron chi connectivity index (χ2n) is 4.09. The van der Waals surface area contributed by atoms with E-state index in [4.69, 9.17) is 4.74 Å². The number of ether oxygens (including phenoxy) is 1. The number of rotatable bonds is 3. The van der Waals surface area contributed by atoms with Gasteiger partial charge in [0, 0.05) is 6.20 Å². The molecule has 4 heteroatoms. The molecule has 19 heavy (non-hydrogen) atoms. The Bertz CT molecular complexity index is 714. The SMILES string of the molecule is COc1ccc(/C=C/c2nnc3ccccn23)cc1. The molecule has 2 heterocycles. The van der Waals surface area contributed by atoms with Gasteiger partial charge in [-0.3, -0.25) is 4.40 Å². The highest BCUT2D eigenvalue weighted by Gasteiger charge is 1.99. The minimum absolute atomic E-state index is 0.811. The van der Waals surface area contributed by atoms with Crippen LogP contribution in [0.4, 0.5) is 0 Å². The maximum Gasteiger partial charge on any atom is 0.161 e. The highest BCUT2D eigenvalue weighted by atomic mass is 16.5. The lowest BCUT2D eigenvalue weighted by Gasteiger charge is -1.99. The number of methoxy groups -OCH3 is 1. The lowest BCUT2D eigenvalue weighted by Crippen LogP contribution is -1.86. The van der Waals surface area contributed by atoms with Gasteiger partial charge >= 0.3 is 0 Å². The van der Waals surface area contributed by atoms with Gasteiger partial charge in [0.25, 0.3) is 0 Å². The van der Waals surface area contributed by atoms with Crippen molar-refractivity contribution in [2.75, 3.05) is 7.11 Å². The van der Waals surface area contributed by atoms with Crippen LogP contribution in [0.2, 0.25) is 0 Å². The molecule has 1 aromatic carbocycles. The van der Waals surface area contributed by atoms with Gasteiger partial charge in [-0.1, -0.05) is 24.3 Å². The van der Waals surface area contributed by atoms with E-state index in [2.05, 4.69) is 10.2 Å². The van der Waals surface area contributed by atoms with Crippen molar-refractivity contribution >= 4 is 17.8 Å². The van der Waals surface area contributed by atoms with E-state index in [1.807, 2.05) is 65.2 Å². The van der Waals surface area contributed by atoms with Crippen LogP contribution < -0.4 is 4.74 Å². The van der Waals surface area contributed by atoms with Crippen LogP contribution in [0, 0.1) is 0 Å². The molecule has 0 aliphatic rings. The fraction of sp³-hybridized carbons (Fsp3) is 0.0667. The molecule has 0 spiro atoms. The Balaban J connectivity index is 1.89. The molecule has 0 bridgehead atoms. The molecular formula is C15H13N3O. The minimum atomic E-state index is 0.811. The van der Waals surface area contributed by atoms with Crippen molar-refractivity contribution in [1.29, 1.82) is 0 Å². The highest BCUT2D eigenvalue weighted by Crippen LogP contribution is 2.13. The van der Waals surface area contributed by atoms with E-state index in [-0.39, 0.29) is 0 Å². The van der Waals surface area contributed by atoms with Crippen molar-refractivity contribution in [2.45, 2.75) is 0 Å². The number of fused-ring (bicyclic) bond motifs is 1. The molecule has 0 saturated carbocycles. The van der Waals surface area contributed by atoms with Crippen LogP contribution in [-0.2, 0) is 0 Å². The highest BCUT2D eigenvalue weighted by molar-refractivity contribution is 5.68. The number of hydrogen-bond donors (Lipinski definition) is 0. The van der Waals surface area contributed by atoms with Crippen molar-refractivity contribution < 1.29 is 4.74 Å². The Morgan fingerprint density at radius 2 is 1.84 bits per heavy atom. The fourth-order valence-corrected chi connectivity index (χ4v) is 1.86. The van der Waals surface area contributed by atoms with Crippen LogP contribution in [0.25, 0.3) is 17.8 Å². The topological polar surface area (TPSA) is 39.4 Å². The first-order valence-corrected chi connectivity index (χ1v) is 5.99. The van der Waals surface area contributed by atoms with Gasteiger partial charge in [0.2, 0.25) is 0 Å². The average molecular weight is 251 g/mol. The average Bonchev–Trinajstić information content (AvgIpc) is 2.89. The maximum absolute atomic E-state index is 5.13. The Labute approximate surface area is 111 Å². The van der Waals surface area contributed by atoms with Crippen LogP contribution in [-0.4, -0.2) is 21.7 Å². The number of nitrogens with zero attached hydrogens (tertiary/aromatic N) is 3. The molecule has 94 valence electrons. The van der Waals surface area contributed by atoms with Gasteiger partial charge in [-0.15, -0.1) is 10.2 Å². The van der Waals surface area contributed by atoms with Crippen molar-refractivity contribution in [1.82, 2.24) is 14.6 Å². The smallest absolute Gasteiger partial charge is 0.161 e. The molecule has 4 nitrogen and oxygen atoms in total. The summed E-state index contributed by atoms with van der Waals surface area (Å²) in [6.45, 7) is 0. The van der Waals surface area contributed by atoms with Crippen LogP contribution in [0.1, 0.15) is 11.4 Å². The maximum atomic E-state index is 5.13. The standard InChI is InChI=1S/C15H13N3O/c1-19-13-8-5-12(6-9-13)7-10-15-17-16-14-4-2-3-11-18(14)15/h2-11H,1H3/b10-7+. The molecule has 0 aliphatic heterocycles. The summed E-state index contributed by atoms with van der Waals surface area (Å²) >= 11 is 0. The van der Waals surface area contributed by atoms with Gasteiger partial charge < -0.3 is 4.74 Å². The zero-order valence-electron chi connectivity index (χ0n) is 10.5. The largest absolute Gasteiger partial charge is 0.497 e. The van der Waals surface area contributed by atoms with Gasteiger partial charge in [0.05, 0.1) is 7.11 Å². The molecule has 0 unspecified atom stereocenters. The van der Waals surface area contributed by atoms with Crippen molar-refractivity contribution in [3.05, 3.63) is 60.0 Å². The first-order chi connectivity index (χ1) is 9.36. The van der Waals surface area contributed by atoms with Crippen LogP contribution in [0.15, 0.2) is 48.7 Å². The molecule has 2 aromatic heterocycles. The molecule has 3 rings (SSSR count). The normalized spacial score (nSPS) is 11.2. The number of aromatic nitrogens is 3. The van der Waals surface area contributed by atoms with E-state index in [1.165, 1.54) is 0 Å². The third-order valence-corrected chi connectivity index (χ3v) is 2.88. The summed E-state index contributed by atoms with van der Waals surface area (Å²) in [5.74, 6) is 1.66. The summed E-state index contributed by atoms with van der Waals surface area (Å²) in [4.78, 5) is 0. The first kappa shape index (κ1) is 11.5. The summed E-state index contributed by atoms with van der Waals surface area (Å²) in [5, 5.41) is 8.25. The van der Waals surface area contributed by atoms with E-state index in [9.17, 15) is 0 Å². The molecule has 0 atom stereocenters. The fourth-order valence-electron chi connectivity index (χ4n) is 1.86. The lowest BCUT2D eigenvalue weighted by molar-refractivity contribution is 0.415. The molecule has 0 saturated heterocycles. The van der Waals surface area contributed by atoms with Gasteiger partial charge in [-0.2, -0.15) is 0 Å². The second kappa shape index (κ2) is 4.94. The Morgan fingerprint density at radius 1 is 1.00 bits per heavy atom. The second-order valence-corrected chi connectivity index (χ2v) is 4.09. The third-order valence-electron chi connectivity index (χ3n) is 2.88. The van der Waals surface area contributed by atoms with E-state index < -0.39 is 0 Å². The summed E-state index contributed by atoms with van der Waals surface area (Å²) in [7, 11) is 1.66. The van der Waals surface area contributed by atoms with E-state index in [0.29, 0.717) is 0 Å². The molecule has 3 aromatic rings. The number of hydrogen-bond acceptors (Lipinski definition) is 3. The summed E-state index contributed by atoms with van der Waals surface area (Å²) < 4.78 is 7.07. The molecule has 0 fully saturated rings. The van der Waals surface area contributed by atoms with Crippen LogP contribution >= 0.6 is 0 Å². The van der Waals surface area contributed by atoms with Crippen molar-refractivity contribution in [3.8, 4) is 5.75 Å². The van der Waals surface area contributed by atoms with Gasteiger partial charge in [0.1, 0.15) is 5.75 Å². The molecule has 0 radical (unpaired) electrons. The van der Waals surface area contributed by atoms with Crippen molar-refractivity contribution in [2.24, 2.45) is 0 Å². The Kier molecular flexibility index (Phi) is 2.98. The zero-order valence-corrected chi connectivity index (χ0v) is 10.5. The van der Waals surface area contributed by atoms with E-state index in [1.54, 1.807) is 7.11 Å². The van der Waals surface area contributed by atoms with Crippen LogP contribution in [0.5, 0.6) is 5.75 Å². The quantitative estimate of drug-likeness (QED) is 0.718. The van der Waals surface area contributed by atoms with E-state index in [0.717, 1.165) is 22.8 Å². The predicted octanol–water partition coefficient (Wildman–Crippen LogP) is 2.91.